The number of nitrogens with one attached hydrogen (secondary N) is 1. The molecule has 0 radical (unpaired) electrons. The summed E-state index contributed by atoms with van der Waals surface area (Å²) in [4.78, 5) is 4.21. The first-order chi connectivity index (χ1) is 7.24. The van der Waals surface area contributed by atoms with Crippen LogP contribution in [0.15, 0.2) is 16.7 Å². The van der Waals surface area contributed by atoms with Gasteiger partial charge in [0.25, 0.3) is 0 Å². The van der Waals surface area contributed by atoms with Gasteiger partial charge in [-0.25, -0.2) is 4.98 Å². The van der Waals surface area contributed by atoms with Crippen LogP contribution in [-0.2, 0) is 0 Å². The van der Waals surface area contributed by atoms with E-state index < -0.39 is 0 Å². The molecule has 1 aromatic heterocycles. The molecule has 1 rings (SSSR count). The van der Waals surface area contributed by atoms with Crippen LogP contribution in [0.1, 0.15) is 12.8 Å². The van der Waals surface area contributed by atoms with Gasteiger partial charge in [0.05, 0.1) is 5.69 Å². The summed E-state index contributed by atoms with van der Waals surface area (Å²) in [7, 11) is 0. The fourth-order valence-corrected chi connectivity index (χ4v) is 2.02. The van der Waals surface area contributed by atoms with Gasteiger partial charge >= 0.3 is 0 Å². The van der Waals surface area contributed by atoms with E-state index in [0.29, 0.717) is 5.69 Å². The highest BCUT2D eigenvalue weighted by atomic mass is 79.9. The molecule has 0 amide bonds. The Balaban J connectivity index is 2.31. The maximum Gasteiger partial charge on any atom is 0.149 e. The van der Waals surface area contributed by atoms with Crippen LogP contribution < -0.4 is 11.1 Å². The summed E-state index contributed by atoms with van der Waals surface area (Å²) in [6, 6.07) is 1.86. The Bertz CT molecular complexity index is 307. The smallest absolute Gasteiger partial charge is 0.149 e. The van der Waals surface area contributed by atoms with Gasteiger partial charge in [0.15, 0.2) is 0 Å². The molecule has 0 atom stereocenters. The third kappa shape index (κ3) is 4.75. The highest BCUT2D eigenvalue weighted by Gasteiger charge is 1.99. The summed E-state index contributed by atoms with van der Waals surface area (Å²) in [6.07, 6.45) is 6.25. The van der Waals surface area contributed by atoms with Crippen molar-refractivity contribution in [2.45, 2.75) is 12.8 Å². The third-order valence-corrected chi connectivity index (χ3v) is 3.08. The molecule has 0 spiro atoms. The number of rotatable bonds is 6. The fourth-order valence-electron chi connectivity index (χ4n) is 1.18. The van der Waals surface area contributed by atoms with Gasteiger partial charge in [0.1, 0.15) is 5.82 Å². The second kappa shape index (κ2) is 6.95. The van der Waals surface area contributed by atoms with Crippen molar-refractivity contribution in [2.75, 3.05) is 29.6 Å². The van der Waals surface area contributed by atoms with Crippen LogP contribution in [0.25, 0.3) is 0 Å². The maximum atomic E-state index is 5.80. The molecule has 0 aromatic carbocycles. The van der Waals surface area contributed by atoms with E-state index in [1.807, 2.05) is 17.8 Å². The summed E-state index contributed by atoms with van der Waals surface area (Å²) in [6.45, 7) is 0.930. The van der Waals surface area contributed by atoms with Crippen molar-refractivity contribution < 1.29 is 0 Å². The Morgan fingerprint density at radius 2 is 2.33 bits per heavy atom. The second-order valence-corrected chi connectivity index (χ2v) is 5.12. The van der Waals surface area contributed by atoms with E-state index in [9.17, 15) is 0 Å². The van der Waals surface area contributed by atoms with Gasteiger partial charge in [-0.15, -0.1) is 0 Å². The van der Waals surface area contributed by atoms with Gasteiger partial charge in [0, 0.05) is 17.2 Å². The van der Waals surface area contributed by atoms with Crippen LogP contribution in [-0.4, -0.2) is 23.5 Å². The van der Waals surface area contributed by atoms with Crippen molar-refractivity contribution in [3.05, 3.63) is 16.7 Å². The Labute approximate surface area is 103 Å². The lowest BCUT2D eigenvalue weighted by atomic mass is 10.3. The van der Waals surface area contributed by atoms with E-state index in [2.05, 4.69) is 32.5 Å². The fraction of sp³-hybridized carbons (Fsp3) is 0.500. The number of pyridine rings is 1. The van der Waals surface area contributed by atoms with Crippen LogP contribution in [0.5, 0.6) is 0 Å². The normalized spacial score (nSPS) is 10.3. The van der Waals surface area contributed by atoms with Crippen molar-refractivity contribution in [3.63, 3.8) is 0 Å². The molecule has 0 saturated carbocycles. The third-order valence-electron chi connectivity index (χ3n) is 1.95. The second-order valence-electron chi connectivity index (χ2n) is 3.22. The standard InChI is InChI=1S/C10H16BrN3S/c1-15-5-3-2-4-13-10-9(12)6-8(11)7-14-10/h6-7H,2-5,12H2,1H3,(H,13,14). The average molecular weight is 290 g/mol. The summed E-state index contributed by atoms with van der Waals surface area (Å²) >= 11 is 5.20. The van der Waals surface area contributed by atoms with Crippen LogP contribution >= 0.6 is 27.7 Å². The molecule has 1 aromatic rings. The molecule has 15 heavy (non-hydrogen) atoms. The Hall–Kier alpha value is -0.420. The molecule has 0 saturated heterocycles. The summed E-state index contributed by atoms with van der Waals surface area (Å²) in [5, 5.41) is 3.23. The minimum absolute atomic E-state index is 0.689. The van der Waals surface area contributed by atoms with Crippen LogP contribution in [0.4, 0.5) is 11.5 Å². The quantitative estimate of drug-likeness (QED) is 0.791. The zero-order valence-electron chi connectivity index (χ0n) is 8.79. The molecule has 5 heteroatoms. The summed E-state index contributed by atoms with van der Waals surface area (Å²) in [5.41, 5.74) is 6.49. The number of nitrogens with two attached hydrogens (primary N) is 1. The highest BCUT2D eigenvalue weighted by molar-refractivity contribution is 9.10. The predicted molar refractivity (Wildman–Crippen MR) is 72.5 cm³/mol. The Kier molecular flexibility index (Phi) is 5.86. The molecular formula is C10H16BrN3S. The van der Waals surface area contributed by atoms with Gasteiger partial charge in [0.2, 0.25) is 0 Å². The number of halogens is 1. The van der Waals surface area contributed by atoms with E-state index >= 15 is 0 Å². The van der Waals surface area contributed by atoms with E-state index in [4.69, 9.17) is 5.73 Å². The Morgan fingerprint density at radius 1 is 1.53 bits per heavy atom. The van der Waals surface area contributed by atoms with Gasteiger partial charge in [-0.05, 0) is 46.8 Å². The number of hydrogen-bond acceptors (Lipinski definition) is 4. The lowest BCUT2D eigenvalue weighted by Gasteiger charge is -2.07. The highest BCUT2D eigenvalue weighted by Crippen LogP contribution is 2.19. The zero-order chi connectivity index (χ0) is 11.1. The Morgan fingerprint density at radius 3 is 3.00 bits per heavy atom. The number of thioether (sulfide) groups is 1. The largest absolute Gasteiger partial charge is 0.396 e. The monoisotopic (exact) mass is 289 g/mol. The number of aromatic nitrogens is 1. The molecule has 0 unspecified atom stereocenters. The van der Waals surface area contributed by atoms with Crippen molar-refractivity contribution in [2.24, 2.45) is 0 Å². The molecule has 3 N–H and O–H groups in total. The van der Waals surface area contributed by atoms with Gasteiger partial charge in [-0.1, -0.05) is 0 Å². The van der Waals surface area contributed by atoms with Crippen LogP contribution in [0, 0.1) is 0 Å². The van der Waals surface area contributed by atoms with Gasteiger partial charge in [-0.3, -0.25) is 0 Å². The van der Waals surface area contributed by atoms with E-state index in [-0.39, 0.29) is 0 Å². The maximum absolute atomic E-state index is 5.80. The van der Waals surface area contributed by atoms with E-state index in [1.165, 1.54) is 12.2 Å². The first-order valence-corrected chi connectivity index (χ1v) is 7.06. The average Bonchev–Trinajstić information content (AvgIpc) is 2.20. The first kappa shape index (κ1) is 12.6. The summed E-state index contributed by atoms with van der Waals surface area (Å²) in [5.74, 6) is 1.99. The van der Waals surface area contributed by atoms with Gasteiger partial charge in [-0.2, -0.15) is 11.8 Å². The van der Waals surface area contributed by atoms with Crippen LogP contribution in [0.3, 0.4) is 0 Å². The number of unbranched alkanes of at least 4 members (excludes halogenated alkanes) is 1. The minimum atomic E-state index is 0.689. The van der Waals surface area contributed by atoms with Crippen LogP contribution in [0.2, 0.25) is 0 Å². The molecule has 3 nitrogen and oxygen atoms in total. The van der Waals surface area contributed by atoms with Gasteiger partial charge < -0.3 is 11.1 Å². The molecule has 0 bridgehead atoms. The molecule has 0 fully saturated rings. The van der Waals surface area contributed by atoms with Crippen molar-refractivity contribution >= 4 is 39.2 Å². The number of hydrogen-bond donors (Lipinski definition) is 2. The zero-order valence-corrected chi connectivity index (χ0v) is 11.2. The number of nitrogens with zero attached hydrogens (tertiary/aromatic N) is 1. The number of anilines is 2. The van der Waals surface area contributed by atoms with E-state index in [0.717, 1.165) is 23.3 Å². The lowest BCUT2D eigenvalue weighted by molar-refractivity contribution is 0.840. The molecule has 0 aliphatic carbocycles. The van der Waals surface area contributed by atoms with Crippen molar-refractivity contribution in [1.29, 1.82) is 0 Å². The van der Waals surface area contributed by atoms with E-state index in [1.54, 1.807) is 6.20 Å². The molecular weight excluding hydrogens is 274 g/mol. The van der Waals surface area contributed by atoms with Crippen molar-refractivity contribution in [1.82, 2.24) is 4.98 Å². The SMILES string of the molecule is CSCCCCNc1ncc(Br)cc1N. The first-order valence-electron chi connectivity index (χ1n) is 4.88. The molecule has 0 aliphatic heterocycles. The molecule has 84 valence electrons. The summed E-state index contributed by atoms with van der Waals surface area (Å²) < 4.78 is 0.910. The molecule has 1 heterocycles. The minimum Gasteiger partial charge on any atom is -0.396 e. The topological polar surface area (TPSA) is 50.9 Å². The number of nitrogen functional groups attached to an aromatic ring is 1. The van der Waals surface area contributed by atoms with Crippen molar-refractivity contribution in [3.8, 4) is 0 Å². The predicted octanol–water partition coefficient (Wildman–Crippen LogP) is 2.98. The lowest BCUT2D eigenvalue weighted by Crippen LogP contribution is -2.06. The molecule has 0 aliphatic rings.